The topological polar surface area (TPSA) is 25.2 Å². The van der Waals surface area contributed by atoms with Crippen LogP contribution in [0, 0.1) is 0 Å². The van der Waals surface area contributed by atoms with E-state index in [1.807, 2.05) is 6.07 Å². The van der Waals surface area contributed by atoms with Gasteiger partial charge in [-0.3, -0.25) is 0 Å². The second-order valence-corrected chi connectivity index (χ2v) is 5.48. The molecule has 1 heterocycles. The summed E-state index contributed by atoms with van der Waals surface area (Å²) in [5, 5.41) is 3.87. The fourth-order valence-electron chi connectivity index (χ4n) is 2.32. The van der Waals surface area contributed by atoms with Gasteiger partial charge in [-0.05, 0) is 53.7 Å². The van der Waals surface area contributed by atoms with Crippen LogP contribution in [0.15, 0.2) is 40.8 Å². The molecule has 1 aromatic carbocycles. The third-order valence-corrected chi connectivity index (χ3v) is 3.94. The zero-order valence-electron chi connectivity index (χ0n) is 12.3. The zero-order chi connectivity index (χ0) is 14.5. The summed E-state index contributed by atoms with van der Waals surface area (Å²) >= 11 is 5.88. The van der Waals surface area contributed by atoms with E-state index in [-0.39, 0.29) is 6.04 Å². The summed E-state index contributed by atoms with van der Waals surface area (Å²) in [5.41, 5.74) is 2.58. The molecule has 0 aliphatic rings. The summed E-state index contributed by atoms with van der Waals surface area (Å²) in [6, 6.07) is 12.5. The fourth-order valence-corrected chi connectivity index (χ4v) is 2.48. The van der Waals surface area contributed by atoms with Crippen molar-refractivity contribution in [1.29, 1.82) is 0 Å². The molecular formula is C17H22ClNO. The van der Waals surface area contributed by atoms with Gasteiger partial charge in [-0.15, -0.1) is 0 Å². The fraction of sp³-hybridized carbons (Fsp3) is 0.412. The van der Waals surface area contributed by atoms with E-state index < -0.39 is 0 Å². The highest BCUT2D eigenvalue weighted by Crippen LogP contribution is 2.27. The molecule has 0 radical (unpaired) electrons. The third-order valence-electron chi connectivity index (χ3n) is 3.74. The van der Waals surface area contributed by atoms with Crippen molar-refractivity contribution in [2.75, 3.05) is 6.54 Å². The van der Waals surface area contributed by atoms with Crippen LogP contribution in [-0.2, 0) is 0 Å². The van der Waals surface area contributed by atoms with Gasteiger partial charge in [0.15, 0.2) is 5.22 Å². The molecule has 0 fully saturated rings. The number of furan rings is 1. The van der Waals surface area contributed by atoms with Crippen molar-refractivity contribution in [2.24, 2.45) is 0 Å². The molecule has 0 spiro atoms. The molecule has 0 aliphatic heterocycles. The maximum atomic E-state index is 5.88. The first-order valence-electron chi connectivity index (χ1n) is 7.24. The number of rotatable bonds is 6. The van der Waals surface area contributed by atoms with Gasteiger partial charge in [0.05, 0.1) is 6.04 Å². The van der Waals surface area contributed by atoms with Gasteiger partial charge in [0, 0.05) is 0 Å². The first kappa shape index (κ1) is 15.1. The normalized spacial score (nSPS) is 14.2. The third kappa shape index (κ3) is 3.44. The minimum atomic E-state index is 0.0542. The van der Waals surface area contributed by atoms with Crippen molar-refractivity contribution in [2.45, 2.75) is 39.2 Å². The van der Waals surface area contributed by atoms with E-state index in [1.165, 1.54) is 11.1 Å². The summed E-state index contributed by atoms with van der Waals surface area (Å²) in [7, 11) is 0. The van der Waals surface area contributed by atoms with Crippen molar-refractivity contribution < 1.29 is 4.42 Å². The molecule has 2 unspecified atom stereocenters. The van der Waals surface area contributed by atoms with Crippen molar-refractivity contribution >= 4 is 11.6 Å². The van der Waals surface area contributed by atoms with Crippen LogP contribution in [0.2, 0.25) is 5.22 Å². The van der Waals surface area contributed by atoms with Gasteiger partial charge in [-0.2, -0.15) is 0 Å². The number of benzene rings is 1. The maximum Gasteiger partial charge on any atom is 0.193 e. The van der Waals surface area contributed by atoms with E-state index in [4.69, 9.17) is 16.0 Å². The highest BCUT2D eigenvalue weighted by molar-refractivity contribution is 6.28. The van der Waals surface area contributed by atoms with Crippen LogP contribution in [0.1, 0.15) is 56.0 Å². The highest BCUT2D eigenvalue weighted by atomic mass is 35.5. The monoisotopic (exact) mass is 291 g/mol. The zero-order valence-corrected chi connectivity index (χ0v) is 13.1. The second-order valence-electron chi connectivity index (χ2n) is 5.11. The van der Waals surface area contributed by atoms with Crippen molar-refractivity contribution in [1.82, 2.24) is 5.32 Å². The number of nitrogens with one attached hydrogen (secondary N) is 1. The lowest BCUT2D eigenvalue weighted by atomic mass is 9.95. The molecule has 0 saturated carbocycles. The molecular weight excluding hydrogens is 270 g/mol. The number of halogens is 1. The molecule has 2 rings (SSSR count). The summed E-state index contributed by atoms with van der Waals surface area (Å²) < 4.78 is 5.55. The smallest absolute Gasteiger partial charge is 0.193 e. The Kier molecular flexibility index (Phi) is 5.27. The summed E-state index contributed by atoms with van der Waals surface area (Å²) in [5.74, 6) is 1.45. The molecule has 2 atom stereocenters. The van der Waals surface area contributed by atoms with E-state index in [9.17, 15) is 0 Å². The minimum Gasteiger partial charge on any atom is -0.448 e. The second kappa shape index (κ2) is 6.96. The van der Waals surface area contributed by atoms with E-state index in [1.54, 1.807) is 6.07 Å². The Morgan fingerprint density at radius 1 is 1.05 bits per heavy atom. The molecule has 2 nitrogen and oxygen atoms in total. The van der Waals surface area contributed by atoms with Crippen molar-refractivity contribution in [3.63, 3.8) is 0 Å². The van der Waals surface area contributed by atoms with Crippen LogP contribution in [0.4, 0.5) is 0 Å². The first-order valence-corrected chi connectivity index (χ1v) is 7.62. The lowest BCUT2D eigenvalue weighted by Crippen LogP contribution is -2.21. The summed E-state index contributed by atoms with van der Waals surface area (Å²) in [4.78, 5) is 0. The average molecular weight is 292 g/mol. The Bertz CT molecular complexity index is 532. The molecule has 0 amide bonds. The molecule has 2 aromatic rings. The van der Waals surface area contributed by atoms with Crippen LogP contribution in [0.25, 0.3) is 0 Å². The van der Waals surface area contributed by atoms with Gasteiger partial charge in [0.2, 0.25) is 0 Å². The van der Waals surface area contributed by atoms with Crippen LogP contribution < -0.4 is 5.32 Å². The number of hydrogen-bond donors (Lipinski definition) is 1. The van der Waals surface area contributed by atoms with Gasteiger partial charge in [0.1, 0.15) is 5.76 Å². The predicted molar refractivity (Wildman–Crippen MR) is 84.4 cm³/mol. The Hall–Kier alpha value is -1.25. The lowest BCUT2D eigenvalue weighted by molar-refractivity contribution is 0.453. The molecule has 0 saturated heterocycles. The van der Waals surface area contributed by atoms with Gasteiger partial charge >= 0.3 is 0 Å². The van der Waals surface area contributed by atoms with Crippen molar-refractivity contribution in [3.8, 4) is 0 Å². The van der Waals surface area contributed by atoms with Crippen LogP contribution in [0.3, 0.4) is 0 Å². The molecule has 20 heavy (non-hydrogen) atoms. The largest absolute Gasteiger partial charge is 0.448 e. The van der Waals surface area contributed by atoms with Crippen LogP contribution in [-0.4, -0.2) is 6.54 Å². The van der Waals surface area contributed by atoms with Crippen molar-refractivity contribution in [3.05, 3.63) is 58.5 Å². The molecule has 0 aliphatic carbocycles. The predicted octanol–water partition coefficient (Wildman–Crippen LogP) is 5.15. The van der Waals surface area contributed by atoms with E-state index >= 15 is 0 Å². The lowest BCUT2D eigenvalue weighted by Gasteiger charge is -2.17. The van der Waals surface area contributed by atoms with Gasteiger partial charge in [-0.25, -0.2) is 0 Å². The van der Waals surface area contributed by atoms with Gasteiger partial charge in [-0.1, -0.05) is 45.0 Å². The number of hydrogen-bond acceptors (Lipinski definition) is 2. The molecule has 0 bridgehead atoms. The quantitative estimate of drug-likeness (QED) is 0.796. The first-order chi connectivity index (χ1) is 9.65. The SMILES string of the molecule is CCNC(c1ccc(C(C)CC)cc1)c1ccc(Cl)o1. The Labute approximate surface area is 126 Å². The van der Waals surface area contributed by atoms with E-state index in [0.29, 0.717) is 11.1 Å². The van der Waals surface area contributed by atoms with E-state index in [2.05, 4.69) is 50.4 Å². The minimum absolute atomic E-state index is 0.0542. The summed E-state index contributed by atoms with van der Waals surface area (Å²) in [6.45, 7) is 7.43. The molecule has 108 valence electrons. The Balaban J connectivity index is 2.25. The average Bonchev–Trinajstić information content (AvgIpc) is 2.90. The Morgan fingerprint density at radius 3 is 2.20 bits per heavy atom. The summed E-state index contributed by atoms with van der Waals surface area (Å²) in [6.07, 6.45) is 1.16. The maximum absolute atomic E-state index is 5.88. The van der Waals surface area contributed by atoms with Gasteiger partial charge in [0.25, 0.3) is 0 Å². The van der Waals surface area contributed by atoms with Gasteiger partial charge < -0.3 is 9.73 Å². The standard InChI is InChI=1S/C17H22ClNO/c1-4-12(3)13-6-8-14(9-7-13)17(19-5-2)15-10-11-16(18)20-15/h6-12,17,19H,4-5H2,1-3H3. The molecule has 3 heteroatoms. The highest BCUT2D eigenvalue weighted by Gasteiger charge is 2.17. The molecule has 1 aromatic heterocycles. The van der Waals surface area contributed by atoms with Crippen LogP contribution >= 0.6 is 11.6 Å². The molecule has 1 N–H and O–H groups in total. The van der Waals surface area contributed by atoms with E-state index in [0.717, 1.165) is 18.7 Å². The van der Waals surface area contributed by atoms with Crippen LogP contribution in [0.5, 0.6) is 0 Å². The Morgan fingerprint density at radius 2 is 1.70 bits per heavy atom.